The van der Waals surface area contributed by atoms with Crippen LogP contribution in [-0.2, 0) is 6.54 Å². The summed E-state index contributed by atoms with van der Waals surface area (Å²) in [5, 5.41) is 2.92. The number of urea groups is 1. The summed E-state index contributed by atoms with van der Waals surface area (Å²) >= 11 is 0. The first-order valence-corrected chi connectivity index (χ1v) is 7.00. The van der Waals surface area contributed by atoms with Gasteiger partial charge in [-0.1, -0.05) is 0 Å². The molecule has 1 saturated carbocycles. The maximum absolute atomic E-state index is 12.4. The predicted octanol–water partition coefficient (Wildman–Crippen LogP) is 3.48. The Morgan fingerprint density at radius 3 is 2.67 bits per heavy atom. The minimum absolute atomic E-state index is 0.0981. The van der Waals surface area contributed by atoms with Crippen LogP contribution >= 0.6 is 0 Å². The molecule has 1 aliphatic rings. The van der Waals surface area contributed by atoms with Crippen LogP contribution in [0.4, 0.5) is 10.5 Å². The third kappa shape index (κ3) is 3.37. The van der Waals surface area contributed by atoms with Gasteiger partial charge < -0.3 is 19.4 Å². The second-order valence-electron chi connectivity index (χ2n) is 5.10. The monoisotopic (exact) mass is 286 g/mol. The van der Waals surface area contributed by atoms with E-state index in [1.807, 2.05) is 41.3 Å². The van der Waals surface area contributed by atoms with Crippen LogP contribution in [0.1, 0.15) is 18.6 Å². The minimum Gasteiger partial charge on any atom is -0.497 e. The zero-order chi connectivity index (χ0) is 14.7. The Kier molecular flexibility index (Phi) is 3.81. The number of carbonyl (C=O) groups excluding carboxylic acids is 1. The van der Waals surface area contributed by atoms with Crippen LogP contribution in [0.15, 0.2) is 47.1 Å². The quantitative estimate of drug-likeness (QED) is 0.915. The molecule has 1 aromatic carbocycles. The number of nitrogens with one attached hydrogen (secondary N) is 1. The summed E-state index contributed by atoms with van der Waals surface area (Å²) in [6.45, 7) is 0.500. The summed E-state index contributed by atoms with van der Waals surface area (Å²) < 4.78 is 10.4. The first kappa shape index (κ1) is 13.5. The standard InChI is InChI=1S/C16H18N2O3/c1-20-14-8-4-12(5-9-14)17-16(19)18(13-6-7-13)11-15-3-2-10-21-15/h2-5,8-10,13H,6-7,11H2,1H3,(H,17,19). The van der Waals surface area contributed by atoms with Gasteiger partial charge in [0.25, 0.3) is 0 Å². The number of hydrogen-bond donors (Lipinski definition) is 1. The van der Waals surface area contributed by atoms with Gasteiger partial charge in [-0.05, 0) is 49.2 Å². The van der Waals surface area contributed by atoms with Crippen molar-refractivity contribution in [3.63, 3.8) is 0 Å². The van der Waals surface area contributed by atoms with Gasteiger partial charge in [-0.25, -0.2) is 4.79 Å². The molecule has 0 atom stereocenters. The first-order valence-electron chi connectivity index (χ1n) is 7.00. The van der Waals surface area contributed by atoms with Crippen LogP contribution < -0.4 is 10.1 Å². The summed E-state index contributed by atoms with van der Waals surface area (Å²) in [7, 11) is 1.62. The van der Waals surface area contributed by atoms with Gasteiger partial charge in [0.1, 0.15) is 11.5 Å². The predicted molar refractivity (Wildman–Crippen MR) is 79.3 cm³/mol. The molecule has 0 aliphatic heterocycles. The Hall–Kier alpha value is -2.43. The molecule has 0 bridgehead atoms. The van der Waals surface area contributed by atoms with E-state index in [0.29, 0.717) is 12.6 Å². The molecule has 5 nitrogen and oxygen atoms in total. The van der Waals surface area contributed by atoms with Gasteiger partial charge in [-0.3, -0.25) is 0 Å². The lowest BCUT2D eigenvalue weighted by Crippen LogP contribution is -2.36. The summed E-state index contributed by atoms with van der Waals surface area (Å²) in [4.78, 5) is 14.2. The Morgan fingerprint density at radius 2 is 2.10 bits per heavy atom. The molecular formula is C16H18N2O3. The minimum atomic E-state index is -0.0981. The number of carbonyl (C=O) groups is 1. The molecule has 2 aromatic rings. The molecule has 5 heteroatoms. The second kappa shape index (κ2) is 5.91. The number of ether oxygens (including phenoxy) is 1. The Balaban J connectivity index is 1.66. The number of hydrogen-bond acceptors (Lipinski definition) is 3. The zero-order valence-corrected chi connectivity index (χ0v) is 11.9. The van der Waals surface area contributed by atoms with Crippen LogP contribution in [0.5, 0.6) is 5.75 Å². The van der Waals surface area contributed by atoms with E-state index in [0.717, 1.165) is 30.0 Å². The molecule has 110 valence electrons. The maximum Gasteiger partial charge on any atom is 0.322 e. The number of benzene rings is 1. The number of furan rings is 1. The largest absolute Gasteiger partial charge is 0.497 e. The van der Waals surface area contributed by atoms with Crippen LogP contribution in [0.25, 0.3) is 0 Å². The molecule has 3 rings (SSSR count). The number of methoxy groups -OCH3 is 1. The van der Waals surface area contributed by atoms with Crippen LogP contribution in [0.3, 0.4) is 0 Å². The van der Waals surface area contributed by atoms with Crippen molar-refractivity contribution in [2.45, 2.75) is 25.4 Å². The van der Waals surface area contributed by atoms with Crippen molar-refractivity contribution in [3.05, 3.63) is 48.4 Å². The molecule has 1 aliphatic carbocycles. The highest BCUT2D eigenvalue weighted by atomic mass is 16.5. The van der Waals surface area contributed by atoms with Gasteiger partial charge in [0.05, 0.1) is 19.9 Å². The molecule has 21 heavy (non-hydrogen) atoms. The summed E-state index contributed by atoms with van der Waals surface area (Å²) in [5.41, 5.74) is 0.755. The fourth-order valence-electron chi connectivity index (χ4n) is 2.19. The molecule has 2 amide bonds. The highest BCUT2D eigenvalue weighted by Gasteiger charge is 2.33. The number of anilines is 1. The lowest BCUT2D eigenvalue weighted by molar-refractivity contribution is 0.201. The van der Waals surface area contributed by atoms with E-state index in [2.05, 4.69) is 5.32 Å². The Bertz CT molecular complexity index is 588. The maximum atomic E-state index is 12.4. The lowest BCUT2D eigenvalue weighted by Gasteiger charge is -2.21. The summed E-state index contributed by atoms with van der Waals surface area (Å²) in [6, 6.07) is 11.2. The number of rotatable bonds is 5. The molecule has 1 fully saturated rings. The van der Waals surface area contributed by atoms with Crippen molar-refractivity contribution in [1.82, 2.24) is 4.90 Å². The van der Waals surface area contributed by atoms with E-state index in [1.165, 1.54) is 0 Å². The second-order valence-corrected chi connectivity index (χ2v) is 5.10. The number of amides is 2. The molecule has 1 heterocycles. The van der Waals surface area contributed by atoms with E-state index in [4.69, 9.17) is 9.15 Å². The molecule has 1 aromatic heterocycles. The average molecular weight is 286 g/mol. The highest BCUT2D eigenvalue weighted by molar-refractivity contribution is 5.89. The van der Waals surface area contributed by atoms with Crippen LogP contribution in [-0.4, -0.2) is 24.1 Å². The average Bonchev–Trinajstić information content (AvgIpc) is 3.21. The highest BCUT2D eigenvalue weighted by Crippen LogP contribution is 2.29. The molecule has 1 N–H and O–H groups in total. The van der Waals surface area contributed by atoms with Gasteiger partial charge in [0.15, 0.2) is 0 Å². The zero-order valence-electron chi connectivity index (χ0n) is 11.9. The van der Waals surface area contributed by atoms with Gasteiger partial charge in [0.2, 0.25) is 0 Å². The van der Waals surface area contributed by atoms with Crippen molar-refractivity contribution >= 4 is 11.7 Å². The molecule has 0 saturated heterocycles. The van der Waals surface area contributed by atoms with Crippen LogP contribution in [0.2, 0.25) is 0 Å². The van der Waals surface area contributed by atoms with Crippen molar-refractivity contribution in [2.24, 2.45) is 0 Å². The van der Waals surface area contributed by atoms with Crippen LogP contribution in [0, 0.1) is 0 Å². The Morgan fingerprint density at radius 1 is 1.33 bits per heavy atom. The summed E-state index contributed by atoms with van der Waals surface area (Å²) in [6.07, 6.45) is 3.73. The molecular weight excluding hydrogens is 268 g/mol. The number of nitrogens with zero attached hydrogens (tertiary/aromatic N) is 1. The molecule has 0 unspecified atom stereocenters. The first-order chi connectivity index (χ1) is 10.3. The third-order valence-electron chi connectivity index (χ3n) is 3.50. The molecule has 0 radical (unpaired) electrons. The van der Waals surface area contributed by atoms with Gasteiger partial charge >= 0.3 is 6.03 Å². The third-order valence-corrected chi connectivity index (χ3v) is 3.50. The normalized spacial score (nSPS) is 13.8. The fourth-order valence-corrected chi connectivity index (χ4v) is 2.19. The van der Waals surface area contributed by atoms with Crippen molar-refractivity contribution in [1.29, 1.82) is 0 Å². The SMILES string of the molecule is COc1ccc(NC(=O)N(Cc2ccco2)C2CC2)cc1. The van der Waals surface area contributed by atoms with Gasteiger partial charge in [0, 0.05) is 11.7 Å². The Labute approximate surface area is 123 Å². The van der Waals surface area contributed by atoms with Gasteiger partial charge in [-0.15, -0.1) is 0 Å². The van der Waals surface area contributed by atoms with Crippen molar-refractivity contribution in [3.8, 4) is 5.75 Å². The van der Waals surface area contributed by atoms with E-state index in [1.54, 1.807) is 13.4 Å². The van der Waals surface area contributed by atoms with Crippen molar-refractivity contribution < 1.29 is 13.9 Å². The van der Waals surface area contributed by atoms with E-state index in [-0.39, 0.29) is 6.03 Å². The summed E-state index contributed by atoms with van der Waals surface area (Å²) in [5.74, 6) is 1.56. The van der Waals surface area contributed by atoms with E-state index >= 15 is 0 Å². The smallest absolute Gasteiger partial charge is 0.322 e. The van der Waals surface area contributed by atoms with Crippen molar-refractivity contribution in [2.75, 3.05) is 12.4 Å². The molecule has 0 spiro atoms. The topological polar surface area (TPSA) is 54.7 Å². The van der Waals surface area contributed by atoms with E-state index in [9.17, 15) is 4.79 Å². The van der Waals surface area contributed by atoms with E-state index < -0.39 is 0 Å². The van der Waals surface area contributed by atoms with Gasteiger partial charge in [-0.2, -0.15) is 0 Å². The lowest BCUT2D eigenvalue weighted by atomic mass is 10.3. The fraction of sp³-hybridized carbons (Fsp3) is 0.312.